The van der Waals surface area contributed by atoms with Gasteiger partial charge in [0.15, 0.2) is 0 Å². The minimum absolute atomic E-state index is 0.172. The average molecular weight is 414 g/mol. The van der Waals surface area contributed by atoms with Gasteiger partial charge in [-0.15, -0.1) is 11.3 Å². The highest BCUT2D eigenvalue weighted by Gasteiger charge is 2.42. The molecular weight excluding hydrogens is 390 g/mol. The quantitative estimate of drug-likeness (QED) is 0.426. The number of para-hydroxylation sites is 1. The van der Waals surface area contributed by atoms with Crippen LogP contribution in [0, 0.1) is 5.92 Å². The van der Waals surface area contributed by atoms with Crippen LogP contribution in [0.5, 0.6) is 0 Å². The van der Waals surface area contributed by atoms with Gasteiger partial charge in [-0.25, -0.2) is 9.97 Å². The summed E-state index contributed by atoms with van der Waals surface area (Å²) < 4.78 is 1.07. The largest absolute Gasteiger partial charge is 0.396 e. The van der Waals surface area contributed by atoms with E-state index in [-0.39, 0.29) is 18.5 Å². The predicted molar refractivity (Wildman–Crippen MR) is 112 cm³/mol. The zero-order chi connectivity index (χ0) is 20.1. The summed E-state index contributed by atoms with van der Waals surface area (Å²) in [4.78, 5) is 13.7. The number of fused-ring (bicyclic) bond motifs is 1. The van der Waals surface area contributed by atoms with Gasteiger partial charge in [-0.3, -0.25) is 0 Å². The second kappa shape index (κ2) is 7.17. The van der Waals surface area contributed by atoms with Crippen molar-refractivity contribution in [1.82, 2.24) is 15.0 Å². The summed E-state index contributed by atoms with van der Waals surface area (Å²) in [5, 5.41) is 34.2. The number of nitrogens with one attached hydrogen (secondary N) is 1. The Balaban J connectivity index is 1.59. The second-order valence-electron chi connectivity index (χ2n) is 7.86. The number of aliphatic hydroxyl groups excluding tert-OH is 3. The van der Waals surface area contributed by atoms with Crippen LogP contribution in [0.1, 0.15) is 30.9 Å². The molecule has 2 aliphatic carbocycles. The molecule has 4 atom stereocenters. The normalized spacial score (nSPS) is 26.9. The van der Waals surface area contributed by atoms with Gasteiger partial charge >= 0.3 is 0 Å². The van der Waals surface area contributed by atoms with Crippen molar-refractivity contribution in [2.24, 2.45) is 5.92 Å². The third-order valence-corrected chi connectivity index (χ3v) is 6.84. The maximum absolute atomic E-state index is 10.4. The molecule has 29 heavy (non-hydrogen) atoms. The van der Waals surface area contributed by atoms with E-state index in [4.69, 9.17) is 10.7 Å². The third-order valence-electron chi connectivity index (χ3n) is 5.78. The number of thiazole rings is 1. The van der Waals surface area contributed by atoms with Crippen molar-refractivity contribution in [2.75, 3.05) is 17.7 Å². The Morgan fingerprint density at radius 2 is 1.90 bits per heavy atom. The number of aliphatic hydroxyl groups is 3. The Kier molecular flexibility index (Phi) is 4.62. The molecule has 2 fully saturated rings. The fourth-order valence-corrected chi connectivity index (χ4v) is 5.09. The summed E-state index contributed by atoms with van der Waals surface area (Å²) in [5.74, 6) is 0.641. The molecule has 152 valence electrons. The van der Waals surface area contributed by atoms with Gasteiger partial charge in [-0.05, 0) is 31.4 Å². The van der Waals surface area contributed by atoms with E-state index in [1.165, 1.54) is 0 Å². The van der Waals surface area contributed by atoms with E-state index < -0.39 is 18.2 Å². The number of anilines is 2. The molecule has 6 N–H and O–H groups in total. The number of benzene rings is 1. The molecule has 0 bridgehead atoms. The van der Waals surface area contributed by atoms with Crippen molar-refractivity contribution in [3.8, 4) is 10.6 Å². The molecule has 0 amide bonds. The van der Waals surface area contributed by atoms with Gasteiger partial charge in [0.2, 0.25) is 5.95 Å². The first-order chi connectivity index (χ1) is 14.0. The fraction of sp³-hybridized carbons (Fsp3) is 0.450. The van der Waals surface area contributed by atoms with Crippen LogP contribution in [0.2, 0.25) is 0 Å². The smallest absolute Gasteiger partial charge is 0.222 e. The molecule has 9 heteroatoms. The van der Waals surface area contributed by atoms with Gasteiger partial charge < -0.3 is 26.4 Å². The Bertz CT molecular complexity index is 1020. The third kappa shape index (κ3) is 3.33. The van der Waals surface area contributed by atoms with Gasteiger partial charge in [0, 0.05) is 18.4 Å². The van der Waals surface area contributed by atoms with Gasteiger partial charge in [-0.2, -0.15) is 4.98 Å². The molecule has 2 saturated carbocycles. The molecule has 1 aromatic carbocycles. The monoisotopic (exact) mass is 413 g/mol. The number of hydrogen-bond acceptors (Lipinski definition) is 9. The summed E-state index contributed by atoms with van der Waals surface area (Å²) in [6.45, 7) is -0.180. The van der Waals surface area contributed by atoms with E-state index in [9.17, 15) is 15.3 Å². The molecule has 2 aromatic heterocycles. The highest BCUT2D eigenvalue weighted by molar-refractivity contribution is 7.21. The summed E-state index contributed by atoms with van der Waals surface area (Å²) in [6.07, 6.45) is 0.540. The number of rotatable bonds is 5. The Labute approximate surface area is 171 Å². The molecule has 3 aromatic rings. The SMILES string of the molecule is Nc1nc(N[C@@H]2C[C@H](CO)[C@@H](O)[C@H]2O)c(-c2nc3ccccc3s2)c(C2CC2)n1. The number of aromatic nitrogens is 3. The first-order valence-corrected chi connectivity index (χ1v) is 10.6. The summed E-state index contributed by atoms with van der Waals surface area (Å²) in [6, 6.07) is 7.49. The van der Waals surface area contributed by atoms with Crippen LogP contribution >= 0.6 is 11.3 Å². The molecule has 0 spiro atoms. The lowest BCUT2D eigenvalue weighted by Gasteiger charge is -2.21. The zero-order valence-electron chi connectivity index (χ0n) is 15.7. The number of nitrogens with zero attached hydrogens (tertiary/aromatic N) is 3. The summed E-state index contributed by atoms with van der Waals surface area (Å²) in [5.41, 5.74) is 8.61. The van der Waals surface area contributed by atoms with Crippen LogP contribution in [0.4, 0.5) is 11.8 Å². The van der Waals surface area contributed by atoms with Crippen LogP contribution in [0.3, 0.4) is 0 Å². The minimum atomic E-state index is -1.00. The number of nitrogen functional groups attached to an aromatic ring is 1. The van der Waals surface area contributed by atoms with E-state index in [0.29, 0.717) is 18.2 Å². The molecular formula is C20H23N5O3S. The van der Waals surface area contributed by atoms with Crippen molar-refractivity contribution >= 4 is 33.3 Å². The predicted octanol–water partition coefficient (Wildman–Crippen LogP) is 1.73. The fourth-order valence-electron chi connectivity index (χ4n) is 4.07. The zero-order valence-corrected chi connectivity index (χ0v) is 16.5. The van der Waals surface area contributed by atoms with E-state index >= 15 is 0 Å². The van der Waals surface area contributed by atoms with Gasteiger partial charge in [-0.1, -0.05) is 12.1 Å². The average Bonchev–Trinajstić information content (AvgIpc) is 3.42. The lowest BCUT2D eigenvalue weighted by atomic mass is 10.1. The highest BCUT2D eigenvalue weighted by atomic mass is 32.1. The molecule has 2 heterocycles. The molecule has 0 aliphatic heterocycles. The van der Waals surface area contributed by atoms with Crippen LogP contribution in [-0.2, 0) is 0 Å². The molecule has 8 nitrogen and oxygen atoms in total. The van der Waals surface area contributed by atoms with E-state index in [1.807, 2.05) is 24.3 Å². The van der Waals surface area contributed by atoms with Crippen molar-refractivity contribution in [3.63, 3.8) is 0 Å². The maximum atomic E-state index is 10.4. The van der Waals surface area contributed by atoms with Gasteiger partial charge in [0.1, 0.15) is 16.9 Å². The minimum Gasteiger partial charge on any atom is -0.396 e. The first-order valence-electron chi connectivity index (χ1n) is 9.82. The molecule has 0 unspecified atom stereocenters. The van der Waals surface area contributed by atoms with Crippen molar-refractivity contribution in [1.29, 1.82) is 0 Å². The van der Waals surface area contributed by atoms with E-state index in [1.54, 1.807) is 11.3 Å². The maximum Gasteiger partial charge on any atom is 0.222 e. The van der Waals surface area contributed by atoms with Crippen LogP contribution in [0.15, 0.2) is 24.3 Å². The molecule has 5 rings (SSSR count). The molecule has 0 saturated heterocycles. The topological polar surface area (TPSA) is 137 Å². The lowest BCUT2D eigenvalue weighted by molar-refractivity contribution is 0.00446. The second-order valence-corrected chi connectivity index (χ2v) is 8.89. The Morgan fingerprint density at radius 1 is 1.10 bits per heavy atom. The summed E-state index contributed by atoms with van der Waals surface area (Å²) >= 11 is 1.57. The van der Waals surface area contributed by atoms with Crippen LogP contribution in [-0.4, -0.2) is 55.1 Å². The lowest BCUT2D eigenvalue weighted by Crippen LogP contribution is -2.35. The Hall–Kier alpha value is -2.33. The van der Waals surface area contributed by atoms with Gasteiger partial charge in [0.25, 0.3) is 0 Å². The van der Waals surface area contributed by atoms with Crippen molar-refractivity contribution in [2.45, 2.75) is 43.4 Å². The molecule has 2 aliphatic rings. The van der Waals surface area contributed by atoms with Crippen molar-refractivity contribution in [3.05, 3.63) is 30.0 Å². The summed E-state index contributed by atoms with van der Waals surface area (Å²) in [7, 11) is 0. The first kappa shape index (κ1) is 18.7. The van der Waals surface area contributed by atoms with Crippen LogP contribution in [0.25, 0.3) is 20.8 Å². The van der Waals surface area contributed by atoms with Gasteiger partial charge in [0.05, 0.1) is 33.6 Å². The number of nitrogens with two attached hydrogens (primary N) is 1. The van der Waals surface area contributed by atoms with E-state index in [0.717, 1.165) is 39.3 Å². The van der Waals surface area contributed by atoms with E-state index in [2.05, 4.69) is 15.3 Å². The standard InChI is InChI=1S/C20H23N5O3S/c21-20-24-15(9-5-6-9)14(19-23-11-3-1-2-4-13(11)29-19)18(25-20)22-12-7-10(8-26)16(27)17(12)28/h1-4,9-10,12,16-17,26-28H,5-8H2,(H3,21,22,24,25)/t10-,12-,16-,17+/m1/s1. The van der Waals surface area contributed by atoms with Crippen molar-refractivity contribution < 1.29 is 15.3 Å². The van der Waals surface area contributed by atoms with Crippen LogP contribution < -0.4 is 11.1 Å². The number of hydrogen-bond donors (Lipinski definition) is 5. The highest BCUT2D eigenvalue weighted by Crippen LogP contribution is 2.47. The Morgan fingerprint density at radius 3 is 2.59 bits per heavy atom. The molecule has 0 radical (unpaired) electrons.